The fourth-order valence-electron chi connectivity index (χ4n) is 3.28. The number of likely N-dealkylation sites (N-methyl/N-ethyl adjacent to an activating group) is 1. The van der Waals surface area contributed by atoms with E-state index in [4.69, 9.17) is 16.3 Å². The zero-order chi connectivity index (χ0) is 23.9. The van der Waals surface area contributed by atoms with E-state index in [1.54, 1.807) is 49.4 Å². The van der Waals surface area contributed by atoms with E-state index in [0.717, 1.165) is 10.6 Å². The van der Waals surface area contributed by atoms with Crippen LogP contribution in [-0.2, 0) is 26.2 Å². The second-order valence-corrected chi connectivity index (χ2v) is 9.44. The number of carbonyl (C=O) groups is 2. The average Bonchev–Trinajstić information content (AvgIpc) is 2.77. The number of nitrogens with one attached hydrogen (secondary N) is 1. The number of carbonyl (C=O) groups excluding carboxylic acids is 2. The molecule has 0 spiro atoms. The van der Waals surface area contributed by atoms with Crippen LogP contribution in [0, 0.1) is 0 Å². The van der Waals surface area contributed by atoms with Crippen LogP contribution in [0.4, 0.5) is 5.69 Å². The van der Waals surface area contributed by atoms with Crippen LogP contribution in [0.15, 0.2) is 48.5 Å². The van der Waals surface area contributed by atoms with Crippen molar-refractivity contribution in [2.24, 2.45) is 0 Å². The predicted octanol–water partition coefficient (Wildman–Crippen LogP) is 2.67. The molecule has 0 fully saturated rings. The van der Waals surface area contributed by atoms with Crippen LogP contribution >= 0.6 is 11.6 Å². The summed E-state index contributed by atoms with van der Waals surface area (Å²) in [5, 5.41) is 3.02. The number of ether oxygens (including phenoxy) is 1. The molecule has 0 saturated carbocycles. The third-order valence-electron chi connectivity index (χ3n) is 4.95. The van der Waals surface area contributed by atoms with Gasteiger partial charge in [-0.2, -0.15) is 0 Å². The maximum absolute atomic E-state index is 13.4. The lowest BCUT2D eigenvalue weighted by atomic mass is 10.1. The predicted molar refractivity (Wildman–Crippen MR) is 125 cm³/mol. The second-order valence-electron chi connectivity index (χ2n) is 7.12. The van der Waals surface area contributed by atoms with Crippen molar-refractivity contribution >= 4 is 39.1 Å². The Kier molecular flexibility index (Phi) is 8.91. The Morgan fingerprint density at radius 3 is 2.41 bits per heavy atom. The summed E-state index contributed by atoms with van der Waals surface area (Å²) in [5.74, 6) is -0.429. The molecule has 2 amide bonds. The first-order valence-corrected chi connectivity index (χ1v) is 12.2. The van der Waals surface area contributed by atoms with Gasteiger partial charge in [-0.25, -0.2) is 8.42 Å². The summed E-state index contributed by atoms with van der Waals surface area (Å²) in [6.45, 7) is 1.35. The van der Waals surface area contributed by atoms with E-state index in [1.165, 1.54) is 25.1 Å². The number of hydrogen-bond donors (Lipinski definition) is 1. The summed E-state index contributed by atoms with van der Waals surface area (Å²) in [7, 11) is -0.851. The molecule has 0 radical (unpaired) electrons. The minimum absolute atomic E-state index is 0.0557. The Morgan fingerprint density at radius 2 is 1.84 bits per heavy atom. The monoisotopic (exact) mass is 481 g/mol. The third-order valence-corrected chi connectivity index (χ3v) is 6.46. The van der Waals surface area contributed by atoms with Crippen molar-refractivity contribution < 1.29 is 22.7 Å². The van der Waals surface area contributed by atoms with E-state index in [0.29, 0.717) is 22.8 Å². The lowest BCUT2D eigenvalue weighted by Crippen LogP contribution is -2.51. The number of anilines is 1. The summed E-state index contributed by atoms with van der Waals surface area (Å²) in [6.07, 6.45) is 1.36. The normalized spacial score (nSPS) is 12.0. The van der Waals surface area contributed by atoms with Gasteiger partial charge in [0.25, 0.3) is 0 Å². The molecule has 2 aromatic carbocycles. The maximum Gasteiger partial charge on any atom is 0.244 e. The summed E-state index contributed by atoms with van der Waals surface area (Å²) in [6, 6.07) is 12.6. The van der Waals surface area contributed by atoms with Gasteiger partial charge in [0.2, 0.25) is 21.8 Å². The van der Waals surface area contributed by atoms with Crippen LogP contribution in [0.25, 0.3) is 0 Å². The number of rotatable bonds is 10. The van der Waals surface area contributed by atoms with Gasteiger partial charge < -0.3 is 15.0 Å². The average molecular weight is 482 g/mol. The van der Waals surface area contributed by atoms with Crippen LogP contribution in [0.2, 0.25) is 5.02 Å². The highest BCUT2D eigenvalue weighted by Gasteiger charge is 2.31. The van der Waals surface area contributed by atoms with Crippen molar-refractivity contribution in [1.29, 1.82) is 0 Å². The summed E-state index contributed by atoms with van der Waals surface area (Å²) < 4.78 is 31.3. The van der Waals surface area contributed by atoms with Gasteiger partial charge in [-0.1, -0.05) is 42.8 Å². The van der Waals surface area contributed by atoms with Gasteiger partial charge in [0.15, 0.2) is 0 Å². The minimum atomic E-state index is -3.81. The van der Waals surface area contributed by atoms with Gasteiger partial charge in [0.1, 0.15) is 18.3 Å². The van der Waals surface area contributed by atoms with Gasteiger partial charge in [0.05, 0.1) is 19.1 Å². The number of methoxy groups -OCH3 is 1. The molecule has 1 atom stereocenters. The first-order valence-electron chi connectivity index (χ1n) is 9.98. The largest absolute Gasteiger partial charge is 0.497 e. The van der Waals surface area contributed by atoms with Crippen LogP contribution in [0.3, 0.4) is 0 Å². The van der Waals surface area contributed by atoms with Crippen LogP contribution < -0.4 is 14.4 Å². The Bertz CT molecular complexity index is 1060. The van der Waals surface area contributed by atoms with Crippen LogP contribution in [-0.4, -0.2) is 58.1 Å². The molecular formula is C22H28ClN3O5S. The molecular weight excluding hydrogens is 454 g/mol. The lowest BCUT2D eigenvalue weighted by molar-refractivity contribution is -0.140. The van der Waals surface area contributed by atoms with Crippen molar-refractivity contribution in [1.82, 2.24) is 10.2 Å². The highest BCUT2D eigenvalue weighted by atomic mass is 35.5. The molecule has 0 heterocycles. The molecule has 0 aliphatic heterocycles. The van der Waals surface area contributed by atoms with E-state index >= 15 is 0 Å². The zero-order valence-corrected chi connectivity index (χ0v) is 20.1. The van der Waals surface area contributed by atoms with Gasteiger partial charge >= 0.3 is 0 Å². The fraction of sp³-hybridized carbons (Fsp3) is 0.364. The molecule has 10 heteroatoms. The summed E-state index contributed by atoms with van der Waals surface area (Å²) in [5.41, 5.74) is 0.933. The fourth-order valence-corrected chi connectivity index (χ4v) is 4.31. The number of benzene rings is 2. The van der Waals surface area contributed by atoms with E-state index < -0.39 is 28.5 Å². The smallest absolute Gasteiger partial charge is 0.244 e. The molecule has 2 aromatic rings. The third kappa shape index (κ3) is 6.37. The van der Waals surface area contributed by atoms with E-state index in [-0.39, 0.29) is 18.1 Å². The van der Waals surface area contributed by atoms with Crippen LogP contribution in [0.5, 0.6) is 5.75 Å². The Morgan fingerprint density at radius 1 is 1.16 bits per heavy atom. The molecule has 2 rings (SSSR count). The van der Waals surface area contributed by atoms with Gasteiger partial charge in [-0.05, 0) is 30.2 Å². The number of nitrogens with zero attached hydrogens (tertiary/aromatic N) is 2. The van der Waals surface area contributed by atoms with Gasteiger partial charge in [-0.3, -0.25) is 13.9 Å². The summed E-state index contributed by atoms with van der Waals surface area (Å²) in [4.78, 5) is 27.3. The van der Waals surface area contributed by atoms with Crippen LogP contribution in [0.1, 0.15) is 18.9 Å². The lowest BCUT2D eigenvalue weighted by Gasteiger charge is -2.32. The number of hydrogen-bond acceptors (Lipinski definition) is 5. The minimum Gasteiger partial charge on any atom is -0.497 e. The van der Waals surface area contributed by atoms with Crippen molar-refractivity contribution in [3.63, 3.8) is 0 Å². The van der Waals surface area contributed by atoms with Crippen molar-refractivity contribution in [3.8, 4) is 5.75 Å². The molecule has 0 bridgehead atoms. The van der Waals surface area contributed by atoms with E-state index in [1.807, 2.05) is 0 Å². The molecule has 0 aromatic heterocycles. The summed E-state index contributed by atoms with van der Waals surface area (Å²) >= 11 is 6.28. The van der Waals surface area contributed by atoms with Gasteiger partial charge in [-0.15, -0.1) is 0 Å². The molecule has 174 valence electrons. The second kappa shape index (κ2) is 11.2. The molecule has 0 aliphatic rings. The first kappa shape index (κ1) is 25.5. The molecule has 32 heavy (non-hydrogen) atoms. The Hall–Kier alpha value is -2.78. The number of amides is 2. The zero-order valence-electron chi connectivity index (χ0n) is 18.5. The quantitative estimate of drug-likeness (QED) is 0.562. The van der Waals surface area contributed by atoms with Crippen molar-refractivity contribution in [3.05, 3.63) is 59.1 Å². The number of halogens is 1. The molecule has 0 aliphatic carbocycles. The van der Waals surface area contributed by atoms with E-state index in [9.17, 15) is 18.0 Å². The molecule has 0 saturated heterocycles. The van der Waals surface area contributed by atoms with E-state index in [2.05, 4.69) is 5.32 Å². The number of sulfonamides is 1. The van der Waals surface area contributed by atoms with Crippen molar-refractivity contribution in [2.45, 2.75) is 25.9 Å². The SMILES string of the molecule is CCC(C(=O)NC)N(Cc1ccccc1Cl)C(=O)CN(c1cccc(OC)c1)S(C)(=O)=O. The highest BCUT2D eigenvalue weighted by molar-refractivity contribution is 7.92. The first-order chi connectivity index (χ1) is 15.1. The maximum atomic E-state index is 13.4. The van der Waals surface area contributed by atoms with Gasteiger partial charge in [0, 0.05) is 24.7 Å². The Labute approximate surface area is 194 Å². The Balaban J connectivity index is 2.45. The molecule has 1 N–H and O–H groups in total. The standard InChI is InChI=1S/C22H28ClN3O5S/c1-5-20(22(28)24-2)25(14-16-9-6-7-12-19(16)23)21(27)15-26(32(4,29)30)17-10-8-11-18(13-17)31-3/h6-13,20H,5,14-15H2,1-4H3,(H,24,28). The molecule has 1 unspecified atom stereocenters. The molecule has 8 nitrogen and oxygen atoms in total. The topological polar surface area (TPSA) is 96.0 Å². The highest BCUT2D eigenvalue weighted by Crippen LogP contribution is 2.24. The van der Waals surface area contributed by atoms with Crippen molar-refractivity contribution in [2.75, 3.05) is 31.3 Å².